The summed E-state index contributed by atoms with van der Waals surface area (Å²) >= 11 is 5.61. The molecular formula is C15H21ClF3N3O. The molecule has 1 aromatic carbocycles. The molecule has 0 aliphatic carbocycles. The fraction of sp³-hybridized carbons (Fsp3) is 0.533. The van der Waals surface area contributed by atoms with E-state index in [9.17, 15) is 18.0 Å². The Morgan fingerprint density at radius 2 is 1.96 bits per heavy atom. The highest BCUT2D eigenvalue weighted by Crippen LogP contribution is 2.36. The Labute approximate surface area is 139 Å². The monoisotopic (exact) mass is 351 g/mol. The minimum absolute atomic E-state index is 0.0153. The Morgan fingerprint density at radius 1 is 1.26 bits per heavy atom. The first kappa shape index (κ1) is 19.6. The second-order valence-electron chi connectivity index (χ2n) is 5.37. The van der Waals surface area contributed by atoms with E-state index in [1.54, 1.807) is 0 Å². The number of halogens is 4. The average Bonchev–Trinajstić information content (AvgIpc) is 2.44. The number of nitrogens with one attached hydrogen (secondary N) is 2. The zero-order chi connectivity index (χ0) is 17.5. The standard InChI is InChI=1S/C15H21ClF3N3O/c1-22(2)9-3-7-21-14(23)6-8-20-13-5-4-11(16)10-12(13)15(17,18)19/h4-5,10,20H,3,6-9H2,1-2H3,(H,21,23). The van der Waals surface area contributed by atoms with Gasteiger partial charge in [-0.1, -0.05) is 11.6 Å². The molecule has 8 heteroatoms. The Morgan fingerprint density at radius 3 is 2.57 bits per heavy atom. The molecule has 0 unspecified atom stereocenters. The molecule has 1 aromatic rings. The lowest BCUT2D eigenvalue weighted by molar-refractivity contribution is -0.137. The third kappa shape index (κ3) is 7.56. The normalized spacial score (nSPS) is 11.6. The number of carbonyl (C=O) groups is 1. The zero-order valence-corrected chi connectivity index (χ0v) is 13.9. The van der Waals surface area contributed by atoms with Crippen molar-refractivity contribution in [2.24, 2.45) is 0 Å². The van der Waals surface area contributed by atoms with Gasteiger partial charge in [-0.15, -0.1) is 0 Å². The molecular weight excluding hydrogens is 331 g/mol. The summed E-state index contributed by atoms with van der Waals surface area (Å²) in [6, 6.07) is 3.51. The summed E-state index contributed by atoms with van der Waals surface area (Å²) in [6.07, 6.45) is -3.58. The van der Waals surface area contributed by atoms with Gasteiger partial charge in [-0.3, -0.25) is 4.79 Å². The highest BCUT2D eigenvalue weighted by Gasteiger charge is 2.33. The van der Waals surface area contributed by atoms with Crippen molar-refractivity contribution in [3.63, 3.8) is 0 Å². The van der Waals surface area contributed by atoms with Crippen molar-refractivity contribution < 1.29 is 18.0 Å². The number of amides is 1. The smallest absolute Gasteiger partial charge is 0.384 e. The van der Waals surface area contributed by atoms with Crippen molar-refractivity contribution >= 4 is 23.2 Å². The molecule has 0 heterocycles. The first-order valence-corrected chi connectivity index (χ1v) is 7.60. The molecule has 0 saturated heterocycles. The Hall–Kier alpha value is -1.47. The molecule has 4 nitrogen and oxygen atoms in total. The Bertz CT molecular complexity index is 521. The van der Waals surface area contributed by atoms with E-state index >= 15 is 0 Å². The second-order valence-corrected chi connectivity index (χ2v) is 5.81. The van der Waals surface area contributed by atoms with E-state index in [0.29, 0.717) is 6.54 Å². The Balaban J connectivity index is 2.43. The van der Waals surface area contributed by atoms with Crippen LogP contribution in [0.1, 0.15) is 18.4 Å². The number of anilines is 1. The SMILES string of the molecule is CN(C)CCCNC(=O)CCNc1ccc(Cl)cc1C(F)(F)F. The van der Waals surface area contributed by atoms with Gasteiger partial charge in [0, 0.05) is 30.2 Å². The van der Waals surface area contributed by atoms with Crippen LogP contribution in [0.4, 0.5) is 18.9 Å². The van der Waals surface area contributed by atoms with Gasteiger partial charge in [0.2, 0.25) is 5.91 Å². The van der Waals surface area contributed by atoms with Crippen molar-refractivity contribution in [2.45, 2.75) is 19.0 Å². The van der Waals surface area contributed by atoms with Gasteiger partial charge in [-0.2, -0.15) is 13.2 Å². The lowest BCUT2D eigenvalue weighted by atomic mass is 10.1. The zero-order valence-electron chi connectivity index (χ0n) is 13.1. The van der Waals surface area contributed by atoms with Crippen LogP contribution >= 0.6 is 11.6 Å². The number of hydrogen-bond donors (Lipinski definition) is 2. The summed E-state index contributed by atoms with van der Waals surface area (Å²) < 4.78 is 38.7. The van der Waals surface area contributed by atoms with Crippen LogP contribution in [0.2, 0.25) is 5.02 Å². The summed E-state index contributed by atoms with van der Waals surface area (Å²) in [5.74, 6) is -0.196. The van der Waals surface area contributed by atoms with Crippen molar-refractivity contribution in [1.29, 1.82) is 0 Å². The van der Waals surface area contributed by atoms with Gasteiger partial charge in [0.05, 0.1) is 5.56 Å². The summed E-state index contributed by atoms with van der Waals surface area (Å²) in [7, 11) is 3.88. The molecule has 2 N–H and O–H groups in total. The van der Waals surface area contributed by atoms with Gasteiger partial charge in [0.1, 0.15) is 0 Å². The van der Waals surface area contributed by atoms with E-state index in [1.165, 1.54) is 12.1 Å². The van der Waals surface area contributed by atoms with Gasteiger partial charge in [-0.05, 0) is 45.3 Å². The number of carbonyl (C=O) groups excluding carboxylic acids is 1. The fourth-order valence-electron chi connectivity index (χ4n) is 1.93. The van der Waals surface area contributed by atoms with Gasteiger partial charge < -0.3 is 15.5 Å². The lowest BCUT2D eigenvalue weighted by Crippen LogP contribution is -2.28. The van der Waals surface area contributed by atoms with E-state index in [0.717, 1.165) is 19.0 Å². The second kappa shape index (κ2) is 8.98. The maximum Gasteiger partial charge on any atom is 0.418 e. The van der Waals surface area contributed by atoms with Crippen LogP contribution in [-0.4, -0.2) is 44.5 Å². The highest BCUT2D eigenvalue weighted by atomic mass is 35.5. The van der Waals surface area contributed by atoms with Crippen molar-refractivity contribution in [3.05, 3.63) is 28.8 Å². The fourth-order valence-corrected chi connectivity index (χ4v) is 2.10. The van der Waals surface area contributed by atoms with Gasteiger partial charge >= 0.3 is 6.18 Å². The summed E-state index contributed by atoms with van der Waals surface area (Å²) in [6.45, 7) is 1.52. The number of benzene rings is 1. The molecule has 0 fully saturated rings. The van der Waals surface area contributed by atoms with E-state index < -0.39 is 11.7 Å². The average molecular weight is 352 g/mol. The van der Waals surface area contributed by atoms with Gasteiger partial charge in [0.15, 0.2) is 0 Å². The molecule has 0 bridgehead atoms. The number of rotatable bonds is 8. The van der Waals surface area contributed by atoms with Crippen LogP contribution in [0.25, 0.3) is 0 Å². The molecule has 1 rings (SSSR count). The van der Waals surface area contributed by atoms with Gasteiger partial charge in [0.25, 0.3) is 0 Å². The molecule has 0 atom stereocenters. The quantitative estimate of drug-likeness (QED) is 0.707. The van der Waals surface area contributed by atoms with Crippen molar-refractivity contribution in [1.82, 2.24) is 10.2 Å². The molecule has 130 valence electrons. The third-order valence-electron chi connectivity index (χ3n) is 3.06. The van der Waals surface area contributed by atoms with Crippen LogP contribution in [0.5, 0.6) is 0 Å². The van der Waals surface area contributed by atoms with E-state index in [1.807, 2.05) is 19.0 Å². The lowest BCUT2D eigenvalue weighted by Gasteiger charge is -2.15. The number of alkyl halides is 3. The number of nitrogens with zero attached hydrogens (tertiary/aromatic N) is 1. The van der Waals surface area contributed by atoms with E-state index in [2.05, 4.69) is 10.6 Å². The maximum absolute atomic E-state index is 12.9. The summed E-state index contributed by atoms with van der Waals surface area (Å²) in [5.41, 5.74) is -0.918. The van der Waals surface area contributed by atoms with Crippen LogP contribution in [0.3, 0.4) is 0 Å². The largest absolute Gasteiger partial charge is 0.418 e. The molecule has 0 aromatic heterocycles. The molecule has 0 saturated carbocycles. The van der Waals surface area contributed by atoms with Crippen LogP contribution in [0, 0.1) is 0 Å². The number of hydrogen-bond acceptors (Lipinski definition) is 3. The minimum Gasteiger partial charge on any atom is -0.384 e. The highest BCUT2D eigenvalue weighted by molar-refractivity contribution is 6.30. The third-order valence-corrected chi connectivity index (χ3v) is 3.29. The molecule has 23 heavy (non-hydrogen) atoms. The Kier molecular flexibility index (Phi) is 7.64. The molecule has 0 radical (unpaired) electrons. The van der Waals surface area contributed by atoms with Gasteiger partial charge in [-0.25, -0.2) is 0 Å². The molecule has 0 spiro atoms. The predicted octanol–water partition coefficient (Wildman–Crippen LogP) is 3.23. The molecule has 0 aliphatic heterocycles. The van der Waals surface area contributed by atoms with Crippen molar-refractivity contribution in [2.75, 3.05) is 39.0 Å². The van der Waals surface area contributed by atoms with Crippen LogP contribution in [-0.2, 0) is 11.0 Å². The molecule has 0 aliphatic rings. The first-order valence-electron chi connectivity index (χ1n) is 7.22. The summed E-state index contributed by atoms with van der Waals surface area (Å²) in [4.78, 5) is 13.6. The molecule has 1 amide bonds. The van der Waals surface area contributed by atoms with E-state index in [-0.39, 0.29) is 29.6 Å². The minimum atomic E-state index is -4.50. The first-order chi connectivity index (χ1) is 10.7. The predicted molar refractivity (Wildman–Crippen MR) is 85.7 cm³/mol. The van der Waals surface area contributed by atoms with Crippen LogP contribution in [0.15, 0.2) is 18.2 Å². The van der Waals surface area contributed by atoms with Crippen LogP contribution < -0.4 is 10.6 Å². The summed E-state index contributed by atoms with van der Waals surface area (Å²) in [5, 5.41) is 5.38. The van der Waals surface area contributed by atoms with Crippen molar-refractivity contribution in [3.8, 4) is 0 Å². The van der Waals surface area contributed by atoms with E-state index in [4.69, 9.17) is 11.6 Å². The topological polar surface area (TPSA) is 44.4 Å². The maximum atomic E-state index is 12.9.